The molecule has 1 amide bonds. The maximum atomic E-state index is 12.1. The molecule has 0 aliphatic carbocycles. The van der Waals surface area contributed by atoms with E-state index < -0.39 is 0 Å². The largest absolute Gasteiger partial charge is 0.369 e. The summed E-state index contributed by atoms with van der Waals surface area (Å²) in [7, 11) is 2.17. The molecule has 1 atom stereocenters. The van der Waals surface area contributed by atoms with Crippen LogP contribution in [0.1, 0.15) is 24.3 Å². The van der Waals surface area contributed by atoms with Gasteiger partial charge in [-0.25, -0.2) is 9.97 Å². The average Bonchev–Trinajstić information content (AvgIpc) is 3.28. The Hall–Kier alpha value is -3.39. The summed E-state index contributed by atoms with van der Waals surface area (Å²) in [6.45, 7) is 9.39. The molecule has 1 aromatic carbocycles. The number of nitrogens with zero attached hydrogens (tertiary/aromatic N) is 5. The second-order valence-corrected chi connectivity index (χ2v) is 8.99. The number of H-pyrrole nitrogens is 1. The third kappa shape index (κ3) is 4.57. The third-order valence-electron chi connectivity index (χ3n) is 6.78. The number of amides is 1. The van der Waals surface area contributed by atoms with Crippen molar-refractivity contribution in [3.05, 3.63) is 54.9 Å². The molecule has 2 N–H and O–H groups in total. The van der Waals surface area contributed by atoms with Crippen LogP contribution < -0.4 is 10.2 Å². The van der Waals surface area contributed by atoms with Crippen LogP contribution in [0.2, 0.25) is 0 Å². The van der Waals surface area contributed by atoms with E-state index in [1.54, 1.807) is 0 Å². The zero-order valence-electron chi connectivity index (χ0n) is 19.1. The highest BCUT2D eigenvalue weighted by Gasteiger charge is 2.26. The van der Waals surface area contributed by atoms with Crippen molar-refractivity contribution in [2.24, 2.45) is 0 Å². The molecule has 2 saturated heterocycles. The highest BCUT2D eigenvalue weighted by Crippen LogP contribution is 2.32. The first-order valence-electron chi connectivity index (χ1n) is 11.7. The second-order valence-electron chi connectivity index (χ2n) is 8.99. The van der Waals surface area contributed by atoms with E-state index in [1.165, 1.54) is 11.8 Å². The van der Waals surface area contributed by atoms with Crippen LogP contribution in [0.3, 0.4) is 0 Å². The van der Waals surface area contributed by atoms with Crippen molar-refractivity contribution in [3.8, 4) is 0 Å². The van der Waals surface area contributed by atoms with Gasteiger partial charge >= 0.3 is 0 Å². The van der Waals surface area contributed by atoms with E-state index in [4.69, 9.17) is 4.98 Å². The maximum absolute atomic E-state index is 12.1. The quantitative estimate of drug-likeness (QED) is 0.587. The summed E-state index contributed by atoms with van der Waals surface area (Å²) < 4.78 is 0. The summed E-state index contributed by atoms with van der Waals surface area (Å²) in [6, 6.07) is 8.47. The predicted molar refractivity (Wildman–Crippen MR) is 132 cm³/mol. The molecule has 2 aliphatic rings. The van der Waals surface area contributed by atoms with Gasteiger partial charge in [0, 0.05) is 68.3 Å². The van der Waals surface area contributed by atoms with Gasteiger partial charge in [0.1, 0.15) is 0 Å². The smallest absolute Gasteiger partial charge is 0.245 e. The molecule has 8 heteroatoms. The molecule has 2 aliphatic heterocycles. The fourth-order valence-electron chi connectivity index (χ4n) is 4.81. The van der Waals surface area contributed by atoms with Gasteiger partial charge in [-0.1, -0.05) is 6.58 Å². The number of anilines is 3. The Kier molecular flexibility index (Phi) is 6.00. The van der Waals surface area contributed by atoms with Crippen LogP contribution in [0.25, 0.3) is 11.0 Å². The lowest BCUT2D eigenvalue weighted by molar-refractivity contribution is -0.127. The Morgan fingerprint density at radius 2 is 1.97 bits per heavy atom. The van der Waals surface area contributed by atoms with Crippen LogP contribution >= 0.6 is 0 Å². The van der Waals surface area contributed by atoms with Crippen LogP contribution in [-0.4, -0.2) is 77.0 Å². The van der Waals surface area contributed by atoms with Gasteiger partial charge in [-0.2, -0.15) is 0 Å². The molecule has 0 spiro atoms. The van der Waals surface area contributed by atoms with E-state index in [2.05, 4.69) is 63.0 Å². The number of aromatic amines is 1. The maximum Gasteiger partial charge on any atom is 0.245 e. The zero-order chi connectivity index (χ0) is 22.8. The summed E-state index contributed by atoms with van der Waals surface area (Å²) in [4.78, 5) is 31.4. The minimum atomic E-state index is -0.00320. The molecule has 2 fully saturated rings. The van der Waals surface area contributed by atoms with E-state index in [0.29, 0.717) is 12.5 Å². The Morgan fingerprint density at radius 1 is 1.18 bits per heavy atom. The highest BCUT2D eigenvalue weighted by molar-refractivity contribution is 5.87. The first-order chi connectivity index (χ1) is 16.1. The van der Waals surface area contributed by atoms with Crippen LogP contribution in [0.15, 0.2) is 49.3 Å². The first kappa shape index (κ1) is 21.5. The van der Waals surface area contributed by atoms with Gasteiger partial charge in [-0.3, -0.25) is 4.79 Å². The number of hydrogen-bond acceptors (Lipinski definition) is 6. The molecule has 0 bridgehead atoms. The number of carbonyl (C=O) groups is 1. The molecule has 8 nitrogen and oxygen atoms in total. The number of aromatic nitrogens is 3. The Labute approximate surface area is 194 Å². The lowest BCUT2D eigenvalue weighted by Gasteiger charge is -2.34. The molecule has 0 radical (unpaired) electrons. The van der Waals surface area contributed by atoms with Gasteiger partial charge in [0.15, 0.2) is 0 Å². The van der Waals surface area contributed by atoms with Gasteiger partial charge in [0.05, 0.1) is 17.2 Å². The van der Waals surface area contributed by atoms with Gasteiger partial charge in [-0.05, 0) is 50.2 Å². The Bertz CT molecular complexity index is 1130. The number of piperidine rings is 1. The lowest BCUT2D eigenvalue weighted by atomic mass is 9.91. The van der Waals surface area contributed by atoms with Crippen LogP contribution in [0, 0.1) is 0 Å². The van der Waals surface area contributed by atoms with Crippen molar-refractivity contribution in [2.75, 3.05) is 56.5 Å². The van der Waals surface area contributed by atoms with Crippen molar-refractivity contribution in [2.45, 2.75) is 18.8 Å². The van der Waals surface area contributed by atoms with Crippen molar-refractivity contribution in [3.63, 3.8) is 0 Å². The number of likely N-dealkylation sites (tertiary alicyclic amines) is 1. The number of likely N-dealkylation sites (N-methyl/N-ethyl adjacent to an activating group) is 1. The van der Waals surface area contributed by atoms with E-state index in [9.17, 15) is 4.79 Å². The molecule has 5 rings (SSSR count). The van der Waals surface area contributed by atoms with Gasteiger partial charge < -0.3 is 25.0 Å². The molecule has 33 heavy (non-hydrogen) atoms. The topological polar surface area (TPSA) is 80.4 Å². The fourth-order valence-corrected chi connectivity index (χ4v) is 4.81. The zero-order valence-corrected chi connectivity index (χ0v) is 19.1. The minimum Gasteiger partial charge on any atom is -0.369 e. The summed E-state index contributed by atoms with van der Waals surface area (Å²) >= 11 is 0. The number of fused-ring (bicyclic) bond motifs is 1. The normalized spacial score (nSPS) is 19.6. The van der Waals surface area contributed by atoms with Crippen LogP contribution in [0.5, 0.6) is 0 Å². The predicted octanol–water partition coefficient (Wildman–Crippen LogP) is 3.35. The number of rotatable bonds is 5. The molecule has 1 unspecified atom stereocenters. The fraction of sp³-hybridized carbons (Fsp3) is 0.400. The molecule has 0 saturated carbocycles. The number of nitrogens with one attached hydrogen (secondary N) is 2. The summed E-state index contributed by atoms with van der Waals surface area (Å²) in [5.74, 6) is 0.823. The number of piperazine rings is 1. The second kappa shape index (κ2) is 9.23. The number of carbonyl (C=O) groups excluding carboxylic acids is 1. The first-order valence-corrected chi connectivity index (χ1v) is 11.7. The monoisotopic (exact) mass is 445 g/mol. The molecular weight excluding hydrogens is 414 g/mol. The van der Waals surface area contributed by atoms with E-state index >= 15 is 0 Å². The van der Waals surface area contributed by atoms with E-state index in [-0.39, 0.29) is 11.8 Å². The average molecular weight is 446 g/mol. The van der Waals surface area contributed by atoms with Crippen LogP contribution in [-0.2, 0) is 4.79 Å². The van der Waals surface area contributed by atoms with Crippen molar-refractivity contribution < 1.29 is 4.79 Å². The molecular formula is C25H31N7O. The Morgan fingerprint density at radius 3 is 2.73 bits per heavy atom. The van der Waals surface area contributed by atoms with Crippen molar-refractivity contribution in [1.29, 1.82) is 0 Å². The summed E-state index contributed by atoms with van der Waals surface area (Å²) in [5.41, 5.74) is 5.17. The van der Waals surface area contributed by atoms with E-state index in [1.807, 2.05) is 17.3 Å². The van der Waals surface area contributed by atoms with E-state index in [0.717, 1.165) is 67.8 Å². The lowest BCUT2D eigenvalue weighted by Crippen LogP contribution is -2.44. The minimum absolute atomic E-state index is 0.00320. The highest BCUT2D eigenvalue weighted by atomic mass is 16.2. The van der Waals surface area contributed by atoms with Crippen molar-refractivity contribution in [1.82, 2.24) is 24.8 Å². The van der Waals surface area contributed by atoms with Crippen molar-refractivity contribution >= 4 is 34.3 Å². The molecule has 3 aromatic rings. The summed E-state index contributed by atoms with van der Waals surface area (Å²) in [5, 5.41) is 3.35. The van der Waals surface area contributed by atoms with Gasteiger partial charge in [0.25, 0.3) is 0 Å². The Balaban J connectivity index is 1.31. The SMILES string of the molecule is C=CC(=O)N1CCCC(c2c[nH]c3cnc(Nc4ccc(N5CCN(C)CC5)cc4)nc23)C1. The van der Waals surface area contributed by atoms with Gasteiger partial charge in [-0.15, -0.1) is 0 Å². The molecule has 172 valence electrons. The number of benzene rings is 1. The molecule has 4 heterocycles. The third-order valence-corrected chi connectivity index (χ3v) is 6.78. The molecule has 2 aromatic heterocycles. The summed E-state index contributed by atoms with van der Waals surface area (Å²) in [6.07, 6.45) is 7.25. The number of hydrogen-bond donors (Lipinski definition) is 2. The van der Waals surface area contributed by atoms with Gasteiger partial charge in [0.2, 0.25) is 11.9 Å². The van der Waals surface area contributed by atoms with Crippen LogP contribution in [0.4, 0.5) is 17.3 Å². The standard InChI is InChI=1S/C25H31N7O/c1-3-23(33)32-10-4-5-18(17-32)21-15-26-22-16-27-25(29-24(21)22)28-19-6-8-20(9-7-19)31-13-11-30(2)12-14-31/h3,6-9,15-16,18,26H,1,4-5,10-14,17H2,2H3,(H,27,28,29).